The number of hydrogen-bond donors (Lipinski definition) is 2. The number of ether oxygens (including phenoxy) is 2. The van der Waals surface area contributed by atoms with Crippen LogP contribution < -0.4 is 0 Å². The van der Waals surface area contributed by atoms with Crippen molar-refractivity contribution in [3.05, 3.63) is 35.9 Å². The summed E-state index contributed by atoms with van der Waals surface area (Å²) in [6, 6.07) is 9.05. The Morgan fingerprint density at radius 3 is 2.39 bits per heavy atom. The van der Waals surface area contributed by atoms with Crippen molar-refractivity contribution in [2.45, 2.75) is 125 Å². The number of piperidine rings is 1. The number of aliphatic hydroxyl groups excluding tert-OH is 1. The van der Waals surface area contributed by atoms with Gasteiger partial charge in [0.25, 0.3) is 11.7 Å². The monoisotopic (exact) mass is 725 g/mol. The minimum Gasteiger partial charge on any atom is -0.460 e. The number of carbonyl (C=O) groups excluding carboxylic acids is 4. The summed E-state index contributed by atoms with van der Waals surface area (Å²) < 4.78 is 12.1. The molecule has 3 aliphatic heterocycles. The van der Waals surface area contributed by atoms with E-state index in [2.05, 4.69) is 22.6 Å². The first-order valence-electron chi connectivity index (χ1n) is 16.3. The van der Waals surface area contributed by atoms with Gasteiger partial charge in [-0.25, -0.2) is 4.79 Å². The van der Waals surface area contributed by atoms with E-state index >= 15 is 0 Å². The second-order valence-electron chi connectivity index (χ2n) is 13.1. The Kier molecular flexibility index (Phi) is 12.4. The van der Waals surface area contributed by atoms with Crippen LogP contribution in [0.15, 0.2) is 30.3 Å². The third-order valence-corrected chi connectivity index (χ3v) is 11.2. The number of cyclic esters (lactones) is 1. The van der Waals surface area contributed by atoms with Crippen LogP contribution in [-0.4, -0.2) is 79.2 Å². The van der Waals surface area contributed by atoms with Crippen molar-refractivity contribution in [3.8, 4) is 0 Å². The predicted octanol–water partition coefficient (Wildman–Crippen LogP) is 4.56. The number of amides is 1. The SMILES string of the molecule is C[C@H]1C2CC[C@@H](C)C(O)(O2)C(=O)C(=O)N2CCCC[C@H]2C(=O)OC(C(I)Cc2ccccc2)CCCCCC(=O)[C@@H](C)C1O. The molecule has 1 amide bonds. The molecule has 4 rings (SSSR count). The third kappa shape index (κ3) is 8.09. The zero-order valence-corrected chi connectivity index (χ0v) is 28.3. The molecule has 3 heterocycles. The number of rotatable bonds is 3. The highest BCUT2D eigenvalue weighted by Crippen LogP contribution is 2.38. The summed E-state index contributed by atoms with van der Waals surface area (Å²) >= 11 is 2.32. The van der Waals surface area contributed by atoms with Crippen molar-refractivity contribution < 1.29 is 38.9 Å². The van der Waals surface area contributed by atoms with Gasteiger partial charge in [0.05, 0.1) is 16.1 Å². The topological polar surface area (TPSA) is 130 Å². The normalized spacial score (nSPS) is 36.0. The maximum absolute atomic E-state index is 13.7. The van der Waals surface area contributed by atoms with Crippen molar-refractivity contribution >= 4 is 46.0 Å². The minimum absolute atomic E-state index is 0.0325. The maximum atomic E-state index is 13.7. The van der Waals surface area contributed by atoms with E-state index in [4.69, 9.17) is 9.47 Å². The molecule has 3 saturated heterocycles. The fourth-order valence-electron chi connectivity index (χ4n) is 6.79. The first-order chi connectivity index (χ1) is 20.9. The van der Waals surface area contributed by atoms with E-state index in [9.17, 15) is 29.4 Å². The summed E-state index contributed by atoms with van der Waals surface area (Å²) in [5.41, 5.74) is 1.12. The van der Waals surface area contributed by atoms with Crippen LogP contribution in [0.3, 0.4) is 0 Å². The van der Waals surface area contributed by atoms with Crippen molar-refractivity contribution in [1.29, 1.82) is 0 Å². The van der Waals surface area contributed by atoms with E-state index in [1.165, 1.54) is 4.90 Å². The number of esters is 1. The molecule has 1 aromatic rings. The largest absolute Gasteiger partial charge is 0.460 e. The molecule has 0 aliphatic carbocycles. The molecular weight excluding hydrogens is 677 g/mol. The van der Waals surface area contributed by atoms with Gasteiger partial charge in [0.1, 0.15) is 17.9 Å². The molecule has 244 valence electrons. The third-order valence-electron chi connectivity index (χ3n) is 9.94. The van der Waals surface area contributed by atoms with Gasteiger partial charge in [-0.1, -0.05) is 80.1 Å². The number of nitrogens with zero attached hydrogens (tertiary/aromatic N) is 1. The van der Waals surface area contributed by atoms with E-state index in [0.717, 1.165) is 18.4 Å². The summed E-state index contributed by atoms with van der Waals surface area (Å²) in [7, 11) is 0. The molecule has 1 aromatic carbocycles. The Morgan fingerprint density at radius 2 is 1.66 bits per heavy atom. The lowest BCUT2D eigenvalue weighted by atomic mass is 9.79. The Labute approximate surface area is 274 Å². The average molecular weight is 726 g/mol. The van der Waals surface area contributed by atoms with Gasteiger partial charge in [-0.2, -0.15) is 0 Å². The molecule has 3 fully saturated rings. The van der Waals surface area contributed by atoms with Crippen LogP contribution in [0.4, 0.5) is 0 Å². The maximum Gasteiger partial charge on any atom is 0.329 e. The number of halogens is 1. The summed E-state index contributed by atoms with van der Waals surface area (Å²) in [5, 5.41) is 22.7. The predicted molar refractivity (Wildman–Crippen MR) is 173 cm³/mol. The molecular formula is C34H48INO8. The van der Waals surface area contributed by atoms with E-state index in [0.29, 0.717) is 57.8 Å². The second kappa shape index (κ2) is 15.6. The number of ketones is 2. The lowest BCUT2D eigenvalue weighted by Crippen LogP contribution is -2.61. The van der Waals surface area contributed by atoms with E-state index < -0.39 is 65.6 Å². The molecule has 44 heavy (non-hydrogen) atoms. The van der Waals surface area contributed by atoms with Crippen molar-refractivity contribution in [3.63, 3.8) is 0 Å². The first kappa shape index (κ1) is 35.0. The van der Waals surface area contributed by atoms with Gasteiger partial charge in [-0.15, -0.1) is 0 Å². The summed E-state index contributed by atoms with van der Waals surface area (Å²) in [6.07, 6.45) is 4.17. The van der Waals surface area contributed by atoms with Gasteiger partial charge in [-0.05, 0) is 63.4 Å². The smallest absolute Gasteiger partial charge is 0.329 e. The molecule has 9 nitrogen and oxygen atoms in total. The number of hydrogen-bond acceptors (Lipinski definition) is 8. The molecule has 2 bridgehead atoms. The number of fused-ring (bicyclic) bond motifs is 3. The zero-order chi connectivity index (χ0) is 32.0. The van der Waals surface area contributed by atoms with Crippen LogP contribution in [0.5, 0.6) is 0 Å². The van der Waals surface area contributed by atoms with Gasteiger partial charge in [0, 0.05) is 30.7 Å². The van der Waals surface area contributed by atoms with Gasteiger partial charge in [0.2, 0.25) is 5.79 Å². The fraction of sp³-hybridized carbons (Fsp3) is 0.706. The van der Waals surface area contributed by atoms with Gasteiger partial charge < -0.3 is 24.6 Å². The summed E-state index contributed by atoms with van der Waals surface area (Å²) in [6.45, 7) is 5.31. The standard InChI is InChI=1S/C34H48INO8/c1-21-17-18-28-23(3)30(38)22(2)27(37)15-8-5-9-16-29(25(35)20-24-12-6-4-7-13-24)43-33(41)26-14-10-11-19-36(26)32(40)31(39)34(21,42)44-28/h4,6-7,12-13,21-23,25-26,28-30,38,42H,5,8-11,14-20H2,1-3H3/t21-,22-,23+,25?,26+,28?,29?,30?,34?/m1/s1. The molecule has 0 spiro atoms. The Morgan fingerprint density at radius 1 is 0.955 bits per heavy atom. The molecule has 2 N–H and O–H groups in total. The highest BCUT2D eigenvalue weighted by molar-refractivity contribution is 14.1. The molecule has 3 aliphatic rings. The lowest BCUT2D eigenvalue weighted by Gasteiger charge is -2.44. The number of Topliss-reactive ketones (excluding diaryl/α,β-unsaturated/α-hetero) is 2. The van der Waals surface area contributed by atoms with Gasteiger partial charge >= 0.3 is 5.97 Å². The molecule has 0 saturated carbocycles. The number of aliphatic hydroxyl groups is 2. The second-order valence-corrected chi connectivity index (χ2v) is 14.7. The van der Waals surface area contributed by atoms with Crippen LogP contribution in [0.2, 0.25) is 0 Å². The first-order valence-corrected chi connectivity index (χ1v) is 17.5. The van der Waals surface area contributed by atoms with Crippen LogP contribution in [0.25, 0.3) is 0 Å². The minimum atomic E-state index is -2.40. The van der Waals surface area contributed by atoms with Crippen molar-refractivity contribution in [2.75, 3.05) is 6.54 Å². The number of benzene rings is 1. The Hall–Kier alpha value is -1.89. The number of alkyl halides is 1. The quantitative estimate of drug-likeness (QED) is 0.201. The molecule has 10 heteroatoms. The van der Waals surface area contributed by atoms with Crippen LogP contribution in [0, 0.1) is 17.8 Å². The molecule has 0 aromatic heterocycles. The van der Waals surface area contributed by atoms with Gasteiger partial charge in [0.15, 0.2) is 0 Å². The van der Waals surface area contributed by atoms with Crippen molar-refractivity contribution in [2.24, 2.45) is 17.8 Å². The highest BCUT2D eigenvalue weighted by atomic mass is 127. The van der Waals surface area contributed by atoms with Crippen LogP contribution in [0.1, 0.15) is 90.5 Å². The highest BCUT2D eigenvalue weighted by Gasteiger charge is 2.54. The Balaban J connectivity index is 1.62. The lowest BCUT2D eigenvalue weighted by molar-refractivity contribution is -0.274. The van der Waals surface area contributed by atoms with Gasteiger partial charge in [-0.3, -0.25) is 14.4 Å². The number of carbonyl (C=O) groups is 4. The van der Waals surface area contributed by atoms with E-state index in [-0.39, 0.29) is 16.3 Å². The fourth-order valence-corrected chi connectivity index (χ4v) is 7.81. The zero-order valence-electron chi connectivity index (χ0n) is 26.2. The van der Waals surface area contributed by atoms with Crippen molar-refractivity contribution in [1.82, 2.24) is 4.90 Å². The summed E-state index contributed by atoms with van der Waals surface area (Å²) in [5.74, 6) is -6.93. The van der Waals surface area contributed by atoms with E-state index in [1.807, 2.05) is 30.3 Å². The van der Waals surface area contributed by atoms with Crippen LogP contribution >= 0.6 is 22.6 Å². The molecule has 5 unspecified atom stereocenters. The molecule has 0 radical (unpaired) electrons. The summed E-state index contributed by atoms with van der Waals surface area (Å²) in [4.78, 5) is 55.5. The van der Waals surface area contributed by atoms with E-state index in [1.54, 1.807) is 20.8 Å². The average Bonchev–Trinajstić information content (AvgIpc) is 3.03. The molecule has 9 atom stereocenters. The Bertz CT molecular complexity index is 1160. The van der Waals surface area contributed by atoms with Crippen LogP contribution in [-0.2, 0) is 35.1 Å².